The molecule has 0 aliphatic carbocycles. The Labute approximate surface area is 162 Å². The Bertz CT molecular complexity index is 859. The van der Waals surface area contributed by atoms with E-state index in [1.54, 1.807) is 19.2 Å². The van der Waals surface area contributed by atoms with Gasteiger partial charge in [0.15, 0.2) is 11.5 Å². The van der Waals surface area contributed by atoms with E-state index in [1.807, 2.05) is 12.1 Å². The third kappa shape index (κ3) is 7.00. The van der Waals surface area contributed by atoms with Gasteiger partial charge in [0.05, 0.1) is 7.11 Å². The van der Waals surface area contributed by atoms with Crippen molar-refractivity contribution in [1.29, 1.82) is 0 Å². The molecule has 1 atom stereocenters. The van der Waals surface area contributed by atoms with Crippen molar-refractivity contribution in [3.8, 4) is 17.2 Å². The minimum Gasteiger partial charge on any atom is -0.504 e. The van der Waals surface area contributed by atoms with Crippen LogP contribution in [-0.4, -0.2) is 45.0 Å². The lowest BCUT2D eigenvalue weighted by atomic mass is 9.94. The van der Waals surface area contributed by atoms with E-state index in [4.69, 9.17) is 25.8 Å². The molecule has 0 bridgehead atoms. The molecule has 28 heavy (non-hydrogen) atoms. The molecule has 0 fully saturated rings. The van der Waals surface area contributed by atoms with E-state index in [1.165, 1.54) is 31.2 Å². The van der Waals surface area contributed by atoms with E-state index in [2.05, 4.69) is 0 Å². The van der Waals surface area contributed by atoms with Crippen LogP contribution in [0.4, 0.5) is 0 Å². The number of ether oxygens (including phenoxy) is 1. The number of hydrogen-bond donors (Lipinski definition) is 5. The number of carboxylic acid groups (broad SMARTS) is 2. The molecule has 150 valence electrons. The highest BCUT2D eigenvalue weighted by Gasteiger charge is 2.28. The molecule has 0 aliphatic rings. The molecule has 0 saturated carbocycles. The molecule has 0 aromatic heterocycles. The van der Waals surface area contributed by atoms with Crippen LogP contribution in [0.5, 0.6) is 17.2 Å². The molecule has 0 amide bonds. The van der Waals surface area contributed by atoms with Crippen molar-refractivity contribution in [3.05, 3.63) is 59.7 Å². The van der Waals surface area contributed by atoms with Gasteiger partial charge in [0.1, 0.15) is 11.3 Å². The van der Waals surface area contributed by atoms with E-state index >= 15 is 0 Å². The average Bonchev–Trinajstić information content (AvgIpc) is 2.63. The molecule has 2 aromatic rings. The topological polar surface area (TPSA) is 150 Å². The summed E-state index contributed by atoms with van der Waals surface area (Å²) in [7, 11) is 1.55. The van der Waals surface area contributed by atoms with E-state index in [-0.39, 0.29) is 17.9 Å². The Balaban J connectivity index is 0.000000283. The smallest absolute Gasteiger partial charge is 0.328 e. The third-order valence-electron chi connectivity index (χ3n) is 3.64. The Kier molecular flexibility index (Phi) is 8.03. The molecule has 0 heterocycles. The zero-order chi connectivity index (χ0) is 21.3. The van der Waals surface area contributed by atoms with Crippen molar-refractivity contribution in [3.63, 3.8) is 0 Å². The molecule has 6 N–H and O–H groups in total. The van der Waals surface area contributed by atoms with Crippen LogP contribution in [0, 0.1) is 0 Å². The number of aromatic hydroxyl groups is 2. The zero-order valence-corrected chi connectivity index (χ0v) is 15.5. The van der Waals surface area contributed by atoms with Crippen molar-refractivity contribution in [2.75, 3.05) is 7.11 Å². The first-order valence-electron chi connectivity index (χ1n) is 8.14. The van der Waals surface area contributed by atoms with Gasteiger partial charge < -0.3 is 30.9 Å². The van der Waals surface area contributed by atoms with E-state index < -0.39 is 17.5 Å². The second kappa shape index (κ2) is 9.98. The molecule has 2 rings (SSSR count). The molecule has 0 radical (unpaired) electrons. The second-order valence-electron chi connectivity index (χ2n) is 6.14. The summed E-state index contributed by atoms with van der Waals surface area (Å²) in [6.45, 7) is 1.39. The highest BCUT2D eigenvalue weighted by atomic mass is 16.5. The van der Waals surface area contributed by atoms with Crippen molar-refractivity contribution >= 4 is 18.0 Å². The number of aliphatic carboxylic acids is 2. The number of benzene rings is 2. The number of carbonyl (C=O) groups is 2. The fourth-order valence-electron chi connectivity index (χ4n) is 2.14. The van der Waals surface area contributed by atoms with Crippen LogP contribution in [0.15, 0.2) is 48.5 Å². The minimum absolute atomic E-state index is 0.0795. The number of carboxylic acids is 2. The summed E-state index contributed by atoms with van der Waals surface area (Å²) < 4.78 is 5.03. The lowest BCUT2D eigenvalue weighted by molar-refractivity contribution is -0.142. The minimum atomic E-state index is -1.39. The molecular weight excluding hydrogens is 366 g/mol. The summed E-state index contributed by atoms with van der Waals surface area (Å²) in [6, 6.07) is 11.3. The Morgan fingerprint density at radius 3 is 2.29 bits per heavy atom. The summed E-state index contributed by atoms with van der Waals surface area (Å²) in [5, 5.41) is 35.5. The van der Waals surface area contributed by atoms with Gasteiger partial charge in [-0.1, -0.05) is 24.3 Å². The van der Waals surface area contributed by atoms with Crippen LogP contribution in [0.1, 0.15) is 18.1 Å². The third-order valence-corrected chi connectivity index (χ3v) is 3.64. The first-order valence-corrected chi connectivity index (χ1v) is 8.14. The molecule has 2 aromatic carbocycles. The molecular formula is C20H23NO7. The van der Waals surface area contributed by atoms with Crippen LogP contribution >= 0.6 is 0 Å². The van der Waals surface area contributed by atoms with Crippen LogP contribution < -0.4 is 10.5 Å². The van der Waals surface area contributed by atoms with Gasteiger partial charge in [0, 0.05) is 18.1 Å². The molecule has 0 saturated heterocycles. The summed E-state index contributed by atoms with van der Waals surface area (Å²) >= 11 is 0. The predicted molar refractivity (Wildman–Crippen MR) is 103 cm³/mol. The zero-order valence-electron chi connectivity index (χ0n) is 15.5. The molecule has 0 spiro atoms. The molecule has 8 heteroatoms. The predicted octanol–water partition coefficient (Wildman–Crippen LogP) is 2.24. The van der Waals surface area contributed by atoms with Crippen molar-refractivity contribution < 1.29 is 34.8 Å². The maximum absolute atomic E-state index is 10.7. The van der Waals surface area contributed by atoms with E-state index in [0.29, 0.717) is 11.3 Å². The van der Waals surface area contributed by atoms with Gasteiger partial charge >= 0.3 is 11.9 Å². The SMILES string of the molecule is CC(N)(Cc1ccc(O)c(O)c1)C(=O)O.COc1ccccc1C=CC(=O)O. The molecule has 8 nitrogen and oxygen atoms in total. The van der Waals surface area contributed by atoms with Gasteiger partial charge in [-0.2, -0.15) is 0 Å². The Hall–Kier alpha value is -3.52. The summed E-state index contributed by atoms with van der Waals surface area (Å²) in [6.07, 6.45) is 2.66. The lowest BCUT2D eigenvalue weighted by Crippen LogP contribution is -2.46. The molecule has 0 aliphatic heterocycles. The Morgan fingerprint density at radius 2 is 1.75 bits per heavy atom. The fourth-order valence-corrected chi connectivity index (χ4v) is 2.14. The number of nitrogens with two attached hydrogens (primary N) is 1. The van der Waals surface area contributed by atoms with Gasteiger partial charge in [-0.05, 0) is 36.8 Å². The standard InChI is InChI=1S/C10H13NO4.C10H10O3/c1-10(11,9(14)15)5-6-2-3-7(12)8(13)4-6;1-13-9-5-3-2-4-8(9)6-7-10(11)12/h2-4,12-13H,5,11H2,1H3,(H,14,15);2-7H,1H3,(H,11,12). The van der Waals surface area contributed by atoms with E-state index in [0.717, 1.165) is 11.6 Å². The average molecular weight is 389 g/mol. The van der Waals surface area contributed by atoms with Crippen molar-refractivity contribution in [2.45, 2.75) is 18.9 Å². The second-order valence-corrected chi connectivity index (χ2v) is 6.14. The van der Waals surface area contributed by atoms with Gasteiger partial charge in [-0.15, -0.1) is 0 Å². The van der Waals surface area contributed by atoms with Gasteiger partial charge in [-0.3, -0.25) is 4.79 Å². The van der Waals surface area contributed by atoms with Gasteiger partial charge in [0.2, 0.25) is 0 Å². The molecule has 1 unspecified atom stereocenters. The number of para-hydroxylation sites is 1. The number of rotatable bonds is 6. The summed E-state index contributed by atoms with van der Waals surface area (Å²) in [5.41, 5.74) is 5.46. The Morgan fingerprint density at radius 1 is 1.11 bits per heavy atom. The van der Waals surface area contributed by atoms with Crippen LogP contribution in [0.3, 0.4) is 0 Å². The van der Waals surface area contributed by atoms with Gasteiger partial charge in [0.25, 0.3) is 0 Å². The number of methoxy groups -OCH3 is 1. The monoisotopic (exact) mass is 389 g/mol. The lowest BCUT2D eigenvalue weighted by Gasteiger charge is -2.19. The number of hydrogen-bond acceptors (Lipinski definition) is 6. The first kappa shape index (κ1) is 22.5. The van der Waals surface area contributed by atoms with Gasteiger partial charge in [-0.25, -0.2) is 4.79 Å². The first-order chi connectivity index (χ1) is 13.1. The quantitative estimate of drug-likeness (QED) is 0.373. The van der Waals surface area contributed by atoms with Crippen LogP contribution in [0.25, 0.3) is 6.08 Å². The maximum Gasteiger partial charge on any atom is 0.328 e. The van der Waals surface area contributed by atoms with Crippen molar-refractivity contribution in [2.24, 2.45) is 5.73 Å². The summed E-state index contributed by atoms with van der Waals surface area (Å²) in [4.78, 5) is 21.0. The number of phenolic OH excluding ortho intramolecular Hbond substituents is 2. The van der Waals surface area contributed by atoms with Crippen LogP contribution in [0.2, 0.25) is 0 Å². The van der Waals surface area contributed by atoms with E-state index in [9.17, 15) is 14.7 Å². The highest BCUT2D eigenvalue weighted by molar-refractivity contribution is 5.85. The van der Waals surface area contributed by atoms with Crippen molar-refractivity contribution in [1.82, 2.24) is 0 Å². The summed E-state index contributed by atoms with van der Waals surface area (Å²) in [5.74, 6) is -1.94. The fraction of sp³-hybridized carbons (Fsp3) is 0.200. The highest BCUT2D eigenvalue weighted by Crippen LogP contribution is 2.26. The van der Waals surface area contributed by atoms with Crippen LogP contribution in [-0.2, 0) is 16.0 Å². The largest absolute Gasteiger partial charge is 0.504 e. The normalized spacial score (nSPS) is 12.5. The number of phenols is 2. The maximum atomic E-state index is 10.7.